The van der Waals surface area contributed by atoms with Gasteiger partial charge in [0, 0.05) is 14.1 Å². The van der Waals surface area contributed by atoms with Crippen molar-refractivity contribution in [3.05, 3.63) is 29.8 Å². The summed E-state index contributed by atoms with van der Waals surface area (Å²) in [6.45, 7) is 0. The third-order valence-corrected chi connectivity index (χ3v) is 3.97. The van der Waals surface area contributed by atoms with Crippen molar-refractivity contribution in [3.8, 4) is 0 Å². The standard InChI is InChI=1S/C9H14BNO4S/c1-11(2)16(14,15)7-8-4-3-5-9(6-8)10(12)13/h3-6,12-13H,7H2,1-2H3. The first-order chi connectivity index (χ1) is 7.33. The maximum absolute atomic E-state index is 11.6. The highest BCUT2D eigenvalue weighted by Gasteiger charge is 2.16. The van der Waals surface area contributed by atoms with Crippen molar-refractivity contribution in [1.82, 2.24) is 4.31 Å². The molecule has 7 heteroatoms. The molecule has 0 radical (unpaired) electrons. The summed E-state index contributed by atoms with van der Waals surface area (Å²) in [7, 11) is -1.99. The van der Waals surface area contributed by atoms with E-state index >= 15 is 0 Å². The van der Waals surface area contributed by atoms with Gasteiger partial charge in [-0.2, -0.15) is 0 Å². The summed E-state index contributed by atoms with van der Waals surface area (Å²) in [5.74, 6) is -0.152. The molecule has 0 spiro atoms. The van der Waals surface area contributed by atoms with Crippen LogP contribution in [0.3, 0.4) is 0 Å². The normalized spacial score (nSPS) is 11.8. The second-order valence-electron chi connectivity index (χ2n) is 3.66. The van der Waals surface area contributed by atoms with Crippen molar-refractivity contribution in [1.29, 1.82) is 0 Å². The second kappa shape index (κ2) is 4.96. The molecule has 88 valence electrons. The van der Waals surface area contributed by atoms with Gasteiger partial charge in [0.1, 0.15) is 0 Å². The molecule has 0 atom stereocenters. The quantitative estimate of drug-likeness (QED) is 0.648. The first-order valence-corrected chi connectivity index (χ1v) is 6.29. The third kappa shape index (κ3) is 3.31. The zero-order chi connectivity index (χ0) is 12.3. The summed E-state index contributed by atoms with van der Waals surface area (Å²) in [6, 6.07) is 6.21. The van der Waals surface area contributed by atoms with Gasteiger partial charge in [-0.1, -0.05) is 24.3 Å². The van der Waals surface area contributed by atoms with E-state index in [4.69, 9.17) is 10.0 Å². The summed E-state index contributed by atoms with van der Waals surface area (Å²) >= 11 is 0. The third-order valence-electron chi connectivity index (χ3n) is 2.15. The summed E-state index contributed by atoms with van der Waals surface area (Å²) in [5.41, 5.74) is 0.811. The molecule has 2 N–H and O–H groups in total. The smallest absolute Gasteiger partial charge is 0.423 e. The topological polar surface area (TPSA) is 77.8 Å². The molecule has 16 heavy (non-hydrogen) atoms. The zero-order valence-electron chi connectivity index (χ0n) is 9.16. The van der Waals surface area contributed by atoms with E-state index in [1.807, 2.05) is 0 Å². The molecule has 1 aromatic carbocycles. The Morgan fingerprint density at radius 1 is 1.31 bits per heavy atom. The molecule has 0 amide bonds. The van der Waals surface area contributed by atoms with Crippen molar-refractivity contribution >= 4 is 22.6 Å². The van der Waals surface area contributed by atoms with Crippen LogP contribution in [0.1, 0.15) is 5.56 Å². The van der Waals surface area contributed by atoms with E-state index in [1.54, 1.807) is 12.1 Å². The van der Waals surface area contributed by atoms with Crippen LogP contribution in [0.2, 0.25) is 0 Å². The highest BCUT2D eigenvalue weighted by molar-refractivity contribution is 7.88. The maximum atomic E-state index is 11.6. The van der Waals surface area contributed by atoms with Crippen LogP contribution in [0, 0.1) is 0 Å². The summed E-state index contributed by atoms with van der Waals surface area (Å²) in [6.07, 6.45) is 0. The number of rotatable bonds is 4. The number of sulfonamides is 1. The van der Waals surface area contributed by atoms with Crippen LogP contribution in [0.4, 0.5) is 0 Å². The molecular weight excluding hydrogens is 229 g/mol. The molecule has 0 aliphatic carbocycles. The van der Waals surface area contributed by atoms with Gasteiger partial charge in [0.15, 0.2) is 0 Å². The Morgan fingerprint density at radius 2 is 1.94 bits per heavy atom. The predicted octanol–water partition coefficient (Wildman–Crippen LogP) is -1.24. The van der Waals surface area contributed by atoms with Crippen LogP contribution in [0.25, 0.3) is 0 Å². The minimum Gasteiger partial charge on any atom is -0.423 e. The lowest BCUT2D eigenvalue weighted by atomic mass is 9.80. The fourth-order valence-electron chi connectivity index (χ4n) is 1.18. The van der Waals surface area contributed by atoms with Crippen LogP contribution in [-0.2, 0) is 15.8 Å². The first-order valence-electron chi connectivity index (χ1n) is 4.68. The van der Waals surface area contributed by atoms with Crippen molar-refractivity contribution in [3.63, 3.8) is 0 Å². The van der Waals surface area contributed by atoms with Gasteiger partial charge >= 0.3 is 7.12 Å². The molecule has 0 bridgehead atoms. The van der Waals surface area contributed by atoms with Crippen LogP contribution in [0.5, 0.6) is 0 Å². The molecule has 5 nitrogen and oxygen atoms in total. The number of hydrogen-bond donors (Lipinski definition) is 2. The summed E-state index contributed by atoms with van der Waals surface area (Å²) in [4.78, 5) is 0. The molecular formula is C9H14BNO4S. The molecule has 0 saturated heterocycles. The van der Waals surface area contributed by atoms with Crippen LogP contribution in [0.15, 0.2) is 24.3 Å². The van der Waals surface area contributed by atoms with Gasteiger partial charge in [0.05, 0.1) is 5.75 Å². The molecule has 0 aliphatic rings. The number of hydrogen-bond acceptors (Lipinski definition) is 4. The lowest BCUT2D eigenvalue weighted by Crippen LogP contribution is -2.30. The average Bonchev–Trinajstić information content (AvgIpc) is 2.17. The number of benzene rings is 1. The molecule has 0 aliphatic heterocycles. The lowest BCUT2D eigenvalue weighted by Gasteiger charge is -2.11. The monoisotopic (exact) mass is 243 g/mol. The maximum Gasteiger partial charge on any atom is 0.488 e. The fraction of sp³-hybridized carbons (Fsp3) is 0.333. The highest BCUT2D eigenvalue weighted by Crippen LogP contribution is 2.06. The zero-order valence-corrected chi connectivity index (χ0v) is 9.98. The molecule has 1 aromatic rings. The van der Waals surface area contributed by atoms with Gasteiger partial charge in [-0.15, -0.1) is 0 Å². The molecule has 0 aromatic heterocycles. The first kappa shape index (κ1) is 13.2. The fourth-order valence-corrected chi connectivity index (χ4v) is 2.04. The van der Waals surface area contributed by atoms with Gasteiger partial charge in [-0.3, -0.25) is 0 Å². The molecule has 0 heterocycles. The van der Waals surface area contributed by atoms with E-state index < -0.39 is 17.1 Å². The molecule has 0 unspecified atom stereocenters. The van der Waals surface area contributed by atoms with E-state index in [2.05, 4.69) is 0 Å². The Labute approximate surface area is 95.5 Å². The van der Waals surface area contributed by atoms with Crippen molar-refractivity contribution in [2.75, 3.05) is 14.1 Å². The van der Waals surface area contributed by atoms with Crippen LogP contribution in [-0.4, -0.2) is 44.0 Å². The van der Waals surface area contributed by atoms with E-state index in [1.165, 1.54) is 26.2 Å². The lowest BCUT2D eigenvalue weighted by molar-refractivity contribution is 0.425. The van der Waals surface area contributed by atoms with Crippen LogP contribution < -0.4 is 5.46 Å². The Kier molecular flexibility index (Phi) is 4.09. The highest BCUT2D eigenvalue weighted by atomic mass is 32.2. The SMILES string of the molecule is CN(C)S(=O)(=O)Cc1cccc(B(O)O)c1. The van der Waals surface area contributed by atoms with Gasteiger partial charge in [0.25, 0.3) is 0 Å². The predicted molar refractivity (Wildman–Crippen MR) is 62.6 cm³/mol. The van der Waals surface area contributed by atoms with E-state index in [0.717, 1.165) is 4.31 Å². The van der Waals surface area contributed by atoms with Crippen molar-refractivity contribution in [2.45, 2.75) is 5.75 Å². The minimum absolute atomic E-state index is 0.152. The van der Waals surface area contributed by atoms with Gasteiger partial charge in [-0.25, -0.2) is 12.7 Å². The average molecular weight is 243 g/mol. The minimum atomic E-state index is -3.32. The van der Waals surface area contributed by atoms with E-state index in [9.17, 15) is 8.42 Å². The van der Waals surface area contributed by atoms with Crippen LogP contribution >= 0.6 is 0 Å². The second-order valence-corrected chi connectivity index (χ2v) is 5.84. The van der Waals surface area contributed by atoms with Crippen molar-refractivity contribution < 1.29 is 18.5 Å². The van der Waals surface area contributed by atoms with E-state index in [0.29, 0.717) is 5.56 Å². The largest absolute Gasteiger partial charge is 0.488 e. The van der Waals surface area contributed by atoms with Gasteiger partial charge in [0.2, 0.25) is 10.0 Å². The molecule has 0 saturated carbocycles. The number of nitrogens with zero attached hydrogens (tertiary/aromatic N) is 1. The Bertz CT molecular complexity index is 458. The summed E-state index contributed by atoms with van der Waals surface area (Å²) in [5, 5.41) is 17.9. The van der Waals surface area contributed by atoms with Gasteiger partial charge < -0.3 is 10.0 Å². The van der Waals surface area contributed by atoms with Crippen molar-refractivity contribution in [2.24, 2.45) is 0 Å². The Hall–Kier alpha value is -0.885. The Morgan fingerprint density at radius 3 is 2.44 bits per heavy atom. The summed E-state index contributed by atoms with van der Waals surface area (Å²) < 4.78 is 24.3. The van der Waals surface area contributed by atoms with E-state index in [-0.39, 0.29) is 11.2 Å². The Balaban J connectivity index is 2.95. The molecule has 0 fully saturated rings. The van der Waals surface area contributed by atoms with Gasteiger partial charge in [-0.05, 0) is 11.0 Å². The molecule has 1 rings (SSSR count).